The second-order valence-corrected chi connectivity index (χ2v) is 4.86. The van der Waals surface area contributed by atoms with Crippen LogP contribution in [-0.4, -0.2) is 46.0 Å². The van der Waals surface area contributed by atoms with Crippen molar-refractivity contribution < 1.29 is 14.0 Å². The lowest BCUT2D eigenvalue weighted by Crippen LogP contribution is -2.56. The number of hydrogen-bond donors (Lipinski definition) is 2. The van der Waals surface area contributed by atoms with E-state index in [9.17, 15) is 9.59 Å². The molecule has 1 unspecified atom stereocenters. The van der Waals surface area contributed by atoms with Crippen LogP contribution in [0.25, 0.3) is 11.5 Å². The minimum absolute atomic E-state index is 0.112. The molecule has 1 atom stereocenters. The van der Waals surface area contributed by atoms with Crippen LogP contribution in [0.1, 0.15) is 23.8 Å². The Kier molecular flexibility index (Phi) is 3.47. The standard InChI is InChI=1S/C14H16N4O3/c1-2-11-13(19)15-5-6-18(11)14(20)10-8-9(16-17-10)12-4-3-7-21-12/h3-4,7-8,11H,2,5-6H2,1H3,(H,15,19)(H,16,17). The molecule has 2 aromatic heterocycles. The number of amides is 2. The zero-order valence-corrected chi connectivity index (χ0v) is 11.6. The monoisotopic (exact) mass is 288 g/mol. The van der Waals surface area contributed by atoms with E-state index in [1.54, 1.807) is 29.4 Å². The number of nitrogens with one attached hydrogen (secondary N) is 2. The molecular weight excluding hydrogens is 272 g/mol. The molecule has 2 aromatic rings. The highest BCUT2D eigenvalue weighted by Gasteiger charge is 2.33. The third-order valence-electron chi connectivity index (χ3n) is 3.56. The van der Waals surface area contributed by atoms with Crippen LogP contribution in [0.3, 0.4) is 0 Å². The van der Waals surface area contributed by atoms with Crippen LogP contribution in [-0.2, 0) is 4.79 Å². The van der Waals surface area contributed by atoms with Gasteiger partial charge >= 0.3 is 0 Å². The van der Waals surface area contributed by atoms with Crippen molar-refractivity contribution in [3.63, 3.8) is 0 Å². The third-order valence-corrected chi connectivity index (χ3v) is 3.56. The van der Waals surface area contributed by atoms with Gasteiger partial charge in [0.15, 0.2) is 11.5 Å². The van der Waals surface area contributed by atoms with Crippen molar-refractivity contribution in [3.05, 3.63) is 30.2 Å². The van der Waals surface area contributed by atoms with Gasteiger partial charge in [-0.1, -0.05) is 6.92 Å². The van der Waals surface area contributed by atoms with Gasteiger partial charge in [0.1, 0.15) is 11.7 Å². The molecule has 0 aliphatic carbocycles. The van der Waals surface area contributed by atoms with Crippen molar-refractivity contribution in [1.82, 2.24) is 20.4 Å². The van der Waals surface area contributed by atoms with Crippen molar-refractivity contribution in [1.29, 1.82) is 0 Å². The Morgan fingerprint density at radius 1 is 1.57 bits per heavy atom. The van der Waals surface area contributed by atoms with Gasteiger partial charge in [0.05, 0.1) is 6.26 Å². The highest BCUT2D eigenvalue weighted by atomic mass is 16.3. The maximum atomic E-state index is 12.5. The largest absolute Gasteiger partial charge is 0.463 e. The summed E-state index contributed by atoms with van der Waals surface area (Å²) in [5.74, 6) is 0.259. The van der Waals surface area contributed by atoms with E-state index in [4.69, 9.17) is 4.42 Å². The van der Waals surface area contributed by atoms with Gasteiger partial charge in [-0.2, -0.15) is 5.10 Å². The molecule has 110 valence electrons. The lowest BCUT2D eigenvalue weighted by atomic mass is 10.1. The number of aromatic nitrogens is 2. The summed E-state index contributed by atoms with van der Waals surface area (Å²) in [6.07, 6.45) is 2.13. The molecule has 1 saturated heterocycles. The van der Waals surface area contributed by atoms with Gasteiger partial charge in [-0.3, -0.25) is 14.7 Å². The Morgan fingerprint density at radius 2 is 2.43 bits per heavy atom. The average Bonchev–Trinajstić information content (AvgIpc) is 3.16. The molecule has 1 aliphatic rings. The van der Waals surface area contributed by atoms with Gasteiger partial charge in [-0.25, -0.2) is 0 Å². The fourth-order valence-electron chi connectivity index (χ4n) is 2.50. The van der Waals surface area contributed by atoms with Crippen LogP contribution >= 0.6 is 0 Å². The Morgan fingerprint density at radius 3 is 3.14 bits per heavy atom. The summed E-state index contributed by atoms with van der Waals surface area (Å²) in [6, 6.07) is 4.75. The molecule has 7 heteroatoms. The van der Waals surface area contributed by atoms with E-state index < -0.39 is 6.04 Å². The number of nitrogens with zero attached hydrogens (tertiary/aromatic N) is 2. The van der Waals surface area contributed by atoms with E-state index in [-0.39, 0.29) is 17.5 Å². The molecule has 7 nitrogen and oxygen atoms in total. The van der Waals surface area contributed by atoms with Crippen LogP contribution in [0.2, 0.25) is 0 Å². The lowest BCUT2D eigenvalue weighted by Gasteiger charge is -2.33. The maximum Gasteiger partial charge on any atom is 0.275 e. The van der Waals surface area contributed by atoms with E-state index in [1.165, 1.54) is 0 Å². The van der Waals surface area contributed by atoms with E-state index >= 15 is 0 Å². The van der Waals surface area contributed by atoms with E-state index in [0.717, 1.165) is 0 Å². The molecule has 2 amide bonds. The number of piperazine rings is 1. The quantitative estimate of drug-likeness (QED) is 0.882. The molecule has 0 saturated carbocycles. The number of furan rings is 1. The molecule has 1 aliphatic heterocycles. The second kappa shape index (κ2) is 5.43. The predicted octanol–water partition coefficient (Wildman–Crippen LogP) is 1.02. The molecule has 0 radical (unpaired) electrons. The Balaban J connectivity index is 1.83. The number of carbonyl (C=O) groups is 2. The van der Waals surface area contributed by atoms with E-state index in [1.807, 2.05) is 6.92 Å². The smallest absolute Gasteiger partial charge is 0.275 e. The Bertz CT molecular complexity index is 647. The number of H-pyrrole nitrogens is 1. The lowest BCUT2D eigenvalue weighted by molar-refractivity contribution is -0.127. The summed E-state index contributed by atoms with van der Waals surface area (Å²) in [6.45, 7) is 2.84. The highest BCUT2D eigenvalue weighted by Crippen LogP contribution is 2.19. The Hall–Kier alpha value is -2.57. The van der Waals surface area contributed by atoms with Crippen molar-refractivity contribution in [2.24, 2.45) is 0 Å². The molecule has 0 aromatic carbocycles. The first-order valence-corrected chi connectivity index (χ1v) is 6.88. The second-order valence-electron chi connectivity index (χ2n) is 4.86. The van der Waals surface area contributed by atoms with Crippen LogP contribution in [0.15, 0.2) is 28.9 Å². The van der Waals surface area contributed by atoms with Gasteiger partial charge in [0, 0.05) is 19.2 Å². The van der Waals surface area contributed by atoms with Crippen molar-refractivity contribution in [2.75, 3.05) is 13.1 Å². The number of rotatable bonds is 3. The number of carbonyl (C=O) groups excluding carboxylic acids is 2. The first kappa shape index (κ1) is 13.4. The molecule has 3 rings (SSSR count). The minimum Gasteiger partial charge on any atom is -0.463 e. The van der Waals surface area contributed by atoms with Gasteiger partial charge in [-0.05, 0) is 18.6 Å². The van der Waals surface area contributed by atoms with Crippen LogP contribution < -0.4 is 5.32 Å². The zero-order chi connectivity index (χ0) is 14.8. The maximum absolute atomic E-state index is 12.5. The number of aromatic amines is 1. The Labute approximate surface area is 121 Å². The summed E-state index contributed by atoms with van der Waals surface area (Å²) in [7, 11) is 0. The van der Waals surface area contributed by atoms with Crippen molar-refractivity contribution in [3.8, 4) is 11.5 Å². The summed E-state index contributed by atoms with van der Waals surface area (Å²) in [5.41, 5.74) is 0.924. The molecule has 0 bridgehead atoms. The highest BCUT2D eigenvalue weighted by molar-refractivity contribution is 5.97. The van der Waals surface area contributed by atoms with Crippen LogP contribution in [0, 0.1) is 0 Å². The summed E-state index contributed by atoms with van der Waals surface area (Å²) >= 11 is 0. The van der Waals surface area contributed by atoms with Crippen LogP contribution in [0.4, 0.5) is 0 Å². The summed E-state index contributed by atoms with van der Waals surface area (Å²) < 4.78 is 5.26. The zero-order valence-electron chi connectivity index (χ0n) is 11.6. The van der Waals surface area contributed by atoms with Crippen molar-refractivity contribution >= 4 is 11.8 Å². The van der Waals surface area contributed by atoms with Crippen molar-refractivity contribution in [2.45, 2.75) is 19.4 Å². The molecular formula is C14H16N4O3. The molecule has 2 N–H and O–H groups in total. The minimum atomic E-state index is -0.435. The van der Waals surface area contributed by atoms with Gasteiger partial charge in [0.2, 0.25) is 5.91 Å². The molecule has 1 fully saturated rings. The van der Waals surface area contributed by atoms with E-state index in [0.29, 0.717) is 31.0 Å². The van der Waals surface area contributed by atoms with Gasteiger partial charge in [-0.15, -0.1) is 0 Å². The predicted molar refractivity (Wildman–Crippen MR) is 74.4 cm³/mol. The van der Waals surface area contributed by atoms with Crippen LogP contribution in [0.5, 0.6) is 0 Å². The number of hydrogen-bond acceptors (Lipinski definition) is 4. The molecule has 21 heavy (non-hydrogen) atoms. The molecule has 0 spiro atoms. The molecule has 3 heterocycles. The average molecular weight is 288 g/mol. The van der Waals surface area contributed by atoms with Gasteiger partial charge < -0.3 is 14.6 Å². The normalized spacial score (nSPS) is 18.6. The fourth-order valence-corrected chi connectivity index (χ4v) is 2.50. The van der Waals surface area contributed by atoms with Gasteiger partial charge in [0.25, 0.3) is 5.91 Å². The topological polar surface area (TPSA) is 91.2 Å². The summed E-state index contributed by atoms with van der Waals surface area (Å²) in [4.78, 5) is 25.9. The first-order chi connectivity index (χ1) is 10.2. The summed E-state index contributed by atoms with van der Waals surface area (Å²) in [5, 5.41) is 9.58. The fraction of sp³-hybridized carbons (Fsp3) is 0.357. The first-order valence-electron chi connectivity index (χ1n) is 6.88. The SMILES string of the molecule is CCC1C(=O)NCCN1C(=O)c1cc(-c2ccco2)[nH]n1. The third kappa shape index (κ3) is 2.42. The van der Waals surface area contributed by atoms with E-state index in [2.05, 4.69) is 15.5 Å².